The molecule has 6 heteroatoms. The van der Waals surface area contributed by atoms with Gasteiger partial charge in [0.2, 0.25) is 5.91 Å². The van der Waals surface area contributed by atoms with Crippen molar-refractivity contribution in [1.82, 2.24) is 14.9 Å². The quantitative estimate of drug-likeness (QED) is 0.603. The molecule has 0 unspecified atom stereocenters. The Morgan fingerprint density at radius 1 is 1.10 bits per heavy atom. The first kappa shape index (κ1) is 20.7. The number of aryl methyl sites for hydroxylation is 1. The van der Waals surface area contributed by atoms with Gasteiger partial charge >= 0.3 is 0 Å². The molecule has 1 N–H and O–H groups in total. The molecule has 0 radical (unpaired) electrons. The van der Waals surface area contributed by atoms with E-state index in [4.69, 9.17) is 0 Å². The van der Waals surface area contributed by atoms with Gasteiger partial charge in [0.25, 0.3) is 5.56 Å². The van der Waals surface area contributed by atoms with Crippen LogP contribution in [-0.2, 0) is 11.3 Å². The van der Waals surface area contributed by atoms with Gasteiger partial charge in [-0.25, -0.2) is 4.98 Å². The fourth-order valence-corrected chi connectivity index (χ4v) is 4.69. The van der Waals surface area contributed by atoms with Crippen molar-refractivity contribution in [3.63, 3.8) is 0 Å². The van der Waals surface area contributed by atoms with Crippen LogP contribution in [0.2, 0.25) is 0 Å². The van der Waals surface area contributed by atoms with Gasteiger partial charge in [-0.2, -0.15) is 0 Å². The molecule has 0 saturated heterocycles. The van der Waals surface area contributed by atoms with E-state index in [1.807, 2.05) is 43.3 Å². The summed E-state index contributed by atoms with van der Waals surface area (Å²) in [5, 5.41) is 3.48. The molecule has 1 fully saturated rings. The molecule has 1 aromatic heterocycles. The fraction of sp³-hybridized carbons (Fsp3) is 0.375. The lowest BCUT2D eigenvalue weighted by atomic mass is 9.95. The number of nitrogens with zero attached hydrogens (tertiary/aromatic N) is 2. The molecule has 156 valence electrons. The lowest BCUT2D eigenvalue weighted by molar-refractivity contribution is -0.119. The molecular weight excluding hydrogens is 394 g/mol. The third-order valence-electron chi connectivity index (χ3n) is 5.59. The molecular formula is C24H27N3O2S. The number of rotatable bonds is 6. The number of thioether (sulfide) groups is 1. The number of amides is 1. The van der Waals surface area contributed by atoms with Crippen LogP contribution in [0.3, 0.4) is 0 Å². The summed E-state index contributed by atoms with van der Waals surface area (Å²) in [5.41, 5.74) is 3.67. The molecule has 1 aliphatic carbocycles. The summed E-state index contributed by atoms with van der Waals surface area (Å²) in [6.45, 7) is 2.52. The number of para-hydroxylation sites is 2. The van der Waals surface area contributed by atoms with Gasteiger partial charge in [0.15, 0.2) is 5.03 Å². The molecule has 0 bridgehead atoms. The predicted octanol–water partition coefficient (Wildman–Crippen LogP) is 4.29. The van der Waals surface area contributed by atoms with Gasteiger partial charge in [0.05, 0.1) is 23.3 Å². The molecule has 1 amide bonds. The Labute approximate surface area is 180 Å². The minimum absolute atomic E-state index is 0.0219. The van der Waals surface area contributed by atoms with Gasteiger partial charge in [0, 0.05) is 6.04 Å². The second-order valence-electron chi connectivity index (χ2n) is 7.97. The third kappa shape index (κ3) is 4.93. The monoisotopic (exact) mass is 421 g/mol. The number of nitrogens with one attached hydrogen (secondary N) is 1. The molecule has 4 rings (SSSR count). The maximum Gasteiger partial charge on any atom is 0.283 e. The zero-order valence-corrected chi connectivity index (χ0v) is 18.1. The lowest BCUT2D eigenvalue weighted by Gasteiger charge is -2.22. The van der Waals surface area contributed by atoms with Gasteiger partial charge in [-0.1, -0.05) is 73.0 Å². The highest BCUT2D eigenvalue weighted by Gasteiger charge is 2.17. The molecule has 0 atom stereocenters. The Kier molecular flexibility index (Phi) is 6.53. The molecule has 5 nitrogen and oxygen atoms in total. The number of carbonyl (C=O) groups is 1. The molecule has 0 aliphatic heterocycles. The van der Waals surface area contributed by atoms with E-state index in [1.165, 1.54) is 36.6 Å². The first-order valence-electron chi connectivity index (χ1n) is 10.6. The molecule has 1 aliphatic rings. The zero-order valence-electron chi connectivity index (χ0n) is 17.3. The maximum absolute atomic E-state index is 13.2. The first-order valence-corrected chi connectivity index (χ1v) is 11.6. The summed E-state index contributed by atoms with van der Waals surface area (Å²) in [5.74, 6) is 0.188. The Morgan fingerprint density at radius 2 is 1.83 bits per heavy atom. The second kappa shape index (κ2) is 9.47. The van der Waals surface area contributed by atoms with Crippen LogP contribution in [0.4, 0.5) is 0 Å². The highest BCUT2D eigenvalue weighted by Crippen LogP contribution is 2.20. The number of carbonyl (C=O) groups excluding carboxylic acids is 1. The van der Waals surface area contributed by atoms with E-state index in [0.717, 1.165) is 29.4 Å². The maximum atomic E-state index is 13.2. The zero-order chi connectivity index (χ0) is 20.9. The summed E-state index contributed by atoms with van der Waals surface area (Å²) in [6.07, 6.45) is 5.70. The molecule has 3 aromatic rings. The Bertz CT molecular complexity index is 1090. The third-order valence-corrected chi connectivity index (χ3v) is 6.54. The van der Waals surface area contributed by atoms with E-state index in [2.05, 4.69) is 22.4 Å². The SMILES string of the molecule is Cc1ccc(Cn2c(=O)c(SCC(=O)NC3CCCCC3)nc3ccccc32)cc1. The predicted molar refractivity (Wildman–Crippen MR) is 122 cm³/mol. The van der Waals surface area contributed by atoms with Crippen LogP contribution in [0.1, 0.15) is 43.2 Å². The minimum Gasteiger partial charge on any atom is -0.353 e. The summed E-state index contributed by atoms with van der Waals surface area (Å²) < 4.78 is 1.76. The Morgan fingerprint density at radius 3 is 2.60 bits per heavy atom. The van der Waals surface area contributed by atoms with Crippen molar-refractivity contribution in [1.29, 1.82) is 0 Å². The average Bonchev–Trinajstić information content (AvgIpc) is 2.76. The van der Waals surface area contributed by atoms with Crippen LogP contribution in [0, 0.1) is 6.92 Å². The van der Waals surface area contributed by atoms with Crippen molar-refractivity contribution in [2.45, 2.75) is 56.6 Å². The first-order chi connectivity index (χ1) is 14.6. The molecule has 1 saturated carbocycles. The summed E-state index contributed by atoms with van der Waals surface area (Å²) in [7, 11) is 0. The standard InChI is InChI=1S/C24H27N3O2S/c1-17-11-13-18(14-12-17)15-27-21-10-6-5-9-20(21)26-23(24(27)29)30-16-22(28)25-19-7-3-2-4-8-19/h5-6,9-14,19H,2-4,7-8,15-16H2,1H3,(H,25,28). The molecule has 30 heavy (non-hydrogen) atoms. The van der Waals surface area contributed by atoms with Crippen LogP contribution in [0.5, 0.6) is 0 Å². The number of aromatic nitrogens is 2. The highest BCUT2D eigenvalue weighted by molar-refractivity contribution is 7.99. The molecule has 0 spiro atoms. The van der Waals surface area contributed by atoms with Crippen LogP contribution < -0.4 is 10.9 Å². The van der Waals surface area contributed by atoms with Crippen LogP contribution >= 0.6 is 11.8 Å². The van der Waals surface area contributed by atoms with Crippen molar-refractivity contribution >= 4 is 28.7 Å². The minimum atomic E-state index is -0.148. The Hall–Kier alpha value is -2.60. The van der Waals surface area contributed by atoms with Crippen LogP contribution in [0.15, 0.2) is 58.4 Å². The number of fused-ring (bicyclic) bond motifs is 1. The van der Waals surface area contributed by atoms with E-state index >= 15 is 0 Å². The summed E-state index contributed by atoms with van der Waals surface area (Å²) in [6, 6.07) is 16.1. The van der Waals surface area contributed by atoms with Crippen molar-refractivity contribution < 1.29 is 4.79 Å². The number of benzene rings is 2. The summed E-state index contributed by atoms with van der Waals surface area (Å²) >= 11 is 1.23. The molecule has 1 heterocycles. The van der Waals surface area contributed by atoms with E-state index in [0.29, 0.717) is 11.6 Å². The van der Waals surface area contributed by atoms with Crippen molar-refractivity contribution in [3.05, 3.63) is 70.0 Å². The van der Waals surface area contributed by atoms with Crippen molar-refractivity contribution in [2.24, 2.45) is 0 Å². The largest absolute Gasteiger partial charge is 0.353 e. The van der Waals surface area contributed by atoms with Gasteiger partial charge in [-0.15, -0.1) is 0 Å². The van der Waals surface area contributed by atoms with E-state index < -0.39 is 0 Å². The number of hydrogen-bond acceptors (Lipinski definition) is 4. The number of hydrogen-bond donors (Lipinski definition) is 1. The normalized spacial score (nSPS) is 14.7. The summed E-state index contributed by atoms with van der Waals surface area (Å²) in [4.78, 5) is 30.2. The average molecular weight is 422 g/mol. The van der Waals surface area contributed by atoms with E-state index in [1.54, 1.807) is 4.57 Å². The van der Waals surface area contributed by atoms with Gasteiger partial charge < -0.3 is 5.32 Å². The van der Waals surface area contributed by atoms with Gasteiger partial charge in [-0.3, -0.25) is 14.2 Å². The van der Waals surface area contributed by atoms with Crippen LogP contribution in [0.25, 0.3) is 11.0 Å². The van der Waals surface area contributed by atoms with Crippen LogP contribution in [-0.4, -0.2) is 27.3 Å². The lowest BCUT2D eigenvalue weighted by Crippen LogP contribution is -2.37. The van der Waals surface area contributed by atoms with Crippen molar-refractivity contribution in [3.8, 4) is 0 Å². The van der Waals surface area contributed by atoms with E-state index in [-0.39, 0.29) is 23.3 Å². The van der Waals surface area contributed by atoms with Gasteiger partial charge in [0.1, 0.15) is 0 Å². The van der Waals surface area contributed by atoms with Crippen molar-refractivity contribution in [2.75, 3.05) is 5.75 Å². The second-order valence-corrected chi connectivity index (χ2v) is 8.94. The Balaban J connectivity index is 1.55. The fourth-order valence-electron chi connectivity index (χ4n) is 3.95. The topological polar surface area (TPSA) is 64.0 Å². The molecule has 2 aromatic carbocycles. The van der Waals surface area contributed by atoms with E-state index in [9.17, 15) is 9.59 Å². The highest BCUT2D eigenvalue weighted by atomic mass is 32.2. The van der Waals surface area contributed by atoms with Gasteiger partial charge in [-0.05, 0) is 37.5 Å². The smallest absolute Gasteiger partial charge is 0.283 e.